The number of carbonyl (C=O) groups is 2. The fourth-order valence-electron chi connectivity index (χ4n) is 3.75. The van der Waals surface area contributed by atoms with Crippen molar-refractivity contribution < 1.29 is 18.0 Å². The number of nitrogens with zero attached hydrogens (tertiary/aromatic N) is 1. The van der Waals surface area contributed by atoms with Crippen LogP contribution >= 0.6 is 0 Å². The van der Waals surface area contributed by atoms with E-state index in [4.69, 9.17) is 5.14 Å². The van der Waals surface area contributed by atoms with E-state index in [0.717, 1.165) is 6.42 Å². The SMILES string of the molecule is CC(C)Cc1ccc(C(=O)N2CCC(C(=O)Nc3ccc(S(N)(=O)=O)cc3)CC2)cc1. The van der Waals surface area contributed by atoms with Crippen LogP contribution in [0.3, 0.4) is 0 Å². The Morgan fingerprint density at radius 2 is 1.61 bits per heavy atom. The van der Waals surface area contributed by atoms with Gasteiger partial charge >= 0.3 is 0 Å². The van der Waals surface area contributed by atoms with Crippen molar-refractivity contribution in [3.63, 3.8) is 0 Å². The van der Waals surface area contributed by atoms with Crippen LogP contribution in [0.5, 0.6) is 0 Å². The van der Waals surface area contributed by atoms with E-state index in [1.54, 1.807) is 4.90 Å². The number of primary sulfonamides is 1. The maximum atomic E-state index is 12.8. The van der Waals surface area contributed by atoms with Gasteiger partial charge in [0.1, 0.15) is 0 Å². The van der Waals surface area contributed by atoms with Gasteiger partial charge in [-0.15, -0.1) is 0 Å². The number of amides is 2. The molecule has 1 aliphatic rings. The number of anilines is 1. The third kappa shape index (κ3) is 6.15. The molecule has 1 heterocycles. The fourth-order valence-corrected chi connectivity index (χ4v) is 4.27. The van der Waals surface area contributed by atoms with Crippen LogP contribution in [-0.4, -0.2) is 38.2 Å². The van der Waals surface area contributed by atoms with Crippen LogP contribution in [0.25, 0.3) is 0 Å². The number of sulfonamides is 1. The summed E-state index contributed by atoms with van der Waals surface area (Å²) < 4.78 is 22.6. The second-order valence-electron chi connectivity index (χ2n) is 8.42. The van der Waals surface area contributed by atoms with E-state index in [2.05, 4.69) is 19.2 Å². The molecule has 1 fully saturated rings. The molecular weight excluding hydrogens is 414 g/mol. The van der Waals surface area contributed by atoms with Crippen molar-refractivity contribution in [2.75, 3.05) is 18.4 Å². The van der Waals surface area contributed by atoms with E-state index in [0.29, 0.717) is 43.1 Å². The second-order valence-corrected chi connectivity index (χ2v) is 9.98. The summed E-state index contributed by atoms with van der Waals surface area (Å²) in [5, 5.41) is 7.89. The highest BCUT2D eigenvalue weighted by molar-refractivity contribution is 7.89. The lowest BCUT2D eigenvalue weighted by Crippen LogP contribution is -2.41. The Labute approximate surface area is 183 Å². The van der Waals surface area contributed by atoms with Crippen molar-refractivity contribution >= 4 is 27.5 Å². The Bertz CT molecular complexity index is 1020. The lowest BCUT2D eigenvalue weighted by Gasteiger charge is -2.31. The van der Waals surface area contributed by atoms with Crippen molar-refractivity contribution in [3.8, 4) is 0 Å². The maximum absolute atomic E-state index is 12.8. The summed E-state index contributed by atoms with van der Waals surface area (Å²) in [7, 11) is -3.76. The van der Waals surface area contributed by atoms with Gasteiger partial charge in [-0.1, -0.05) is 26.0 Å². The van der Waals surface area contributed by atoms with Crippen molar-refractivity contribution in [1.82, 2.24) is 4.90 Å². The van der Waals surface area contributed by atoms with Gasteiger partial charge in [-0.25, -0.2) is 13.6 Å². The zero-order chi connectivity index (χ0) is 22.6. The first-order valence-corrected chi connectivity index (χ1v) is 12.0. The van der Waals surface area contributed by atoms with Gasteiger partial charge in [0.05, 0.1) is 4.90 Å². The van der Waals surface area contributed by atoms with Crippen LogP contribution in [0.1, 0.15) is 42.6 Å². The lowest BCUT2D eigenvalue weighted by atomic mass is 9.95. The van der Waals surface area contributed by atoms with E-state index in [9.17, 15) is 18.0 Å². The number of hydrogen-bond acceptors (Lipinski definition) is 4. The summed E-state index contributed by atoms with van der Waals surface area (Å²) >= 11 is 0. The molecule has 0 saturated carbocycles. The molecule has 0 spiro atoms. The summed E-state index contributed by atoms with van der Waals surface area (Å²) in [6.45, 7) is 5.38. The monoisotopic (exact) mass is 443 g/mol. The molecular formula is C23H29N3O4S. The molecule has 0 radical (unpaired) electrons. The van der Waals surface area contributed by atoms with Gasteiger partial charge in [-0.3, -0.25) is 9.59 Å². The average Bonchev–Trinajstić information content (AvgIpc) is 2.73. The Balaban J connectivity index is 1.52. The molecule has 7 nitrogen and oxygen atoms in total. The minimum absolute atomic E-state index is 0.00504. The number of rotatable bonds is 6. The Kier molecular flexibility index (Phi) is 7.12. The maximum Gasteiger partial charge on any atom is 0.253 e. The van der Waals surface area contributed by atoms with Crippen LogP contribution < -0.4 is 10.5 Å². The minimum atomic E-state index is -3.76. The van der Waals surface area contributed by atoms with Crippen molar-refractivity contribution in [3.05, 3.63) is 59.7 Å². The molecule has 2 aromatic rings. The number of carbonyl (C=O) groups excluding carboxylic acids is 2. The zero-order valence-electron chi connectivity index (χ0n) is 17.9. The first kappa shape index (κ1) is 23.0. The van der Waals surface area contributed by atoms with Crippen LogP contribution in [0.15, 0.2) is 53.4 Å². The molecule has 2 aromatic carbocycles. The highest BCUT2D eigenvalue weighted by Gasteiger charge is 2.28. The predicted octanol–water partition coefficient (Wildman–Crippen LogP) is 3.02. The molecule has 0 bridgehead atoms. The molecule has 0 aliphatic carbocycles. The number of likely N-dealkylation sites (tertiary alicyclic amines) is 1. The first-order valence-electron chi connectivity index (χ1n) is 10.5. The quantitative estimate of drug-likeness (QED) is 0.715. The summed E-state index contributed by atoms with van der Waals surface area (Å²) in [5.41, 5.74) is 2.40. The number of benzene rings is 2. The highest BCUT2D eigenvalue weighted by Crippen LogP contribution is 2.22. The van der Waals surface area contributed by atoms with E-state index < -0.39 is 10.0 Å². The molecule has 2 amide bonds. The molecule has 8 heteroatoms. The van der Waals surface area contributed by atoms with E-state index in [1.165, 1.54) is 29.8 Å². The fraction of sp³-hybridized carbons (Fsp3) is 0.391. The van der Waals surface area contributed by atoms with Gasteiger partial charge in [-0.2, -0.15) is 0 Å². The zero-order valence-corrected chi connectivity index (χ0v) is 18.7. The summed E-state index contributed by atoms with van der Waals surface area (Å²) in [6, 6.07) is 13.5. The van der Waals surface area contributed by atoms with Gasteiger partial charge in [-0.05, 0) is 67.1 Å². The topological polar surface area (TPSA) is 110 Å². The molecule has 0 unspecified atom stereocenters. The van der Waals surface area contributed by atoms with Crippen molar-refractivity contribution in [2.45, 2.75) is 38.0 Å². The average molecular weight is 444 g/mol. The normalized spacial score (nSPS) is 15.2. The van der Waals surface area contributed by atoms with Crippen LogP contribution in [-0.2, 0) is 21.2 Å². The Hall–Kier alpha value is -2.71. The molecule has 31 heavy (non-hydrogen) atoms. The number of nitrogens with one attached hydrogen (secondary N) is 1. The molecule has 3 N–H and O–H groups in total. The predicted molar refractivity (Wildman–Crippen MR) is 120 cm³/mol. The van der Waals surface area contributed by atoms with E-state index >= 15 is 0 Å². The van der Waals surface area contributed by atoms with Gasteiger partial charge in [0.15, 0.2) is 0 Å². The summed E-state index contributed by atoms with van der Waals surface area (Å²) in [5.74, 6) is 0.232. The van der Waals surface area contributed by atoms with Gasteiger partial charge < -0.3 is 10.2 Å². The number of hydrogen-bond donors (Lipinski definition) is 2. The Morgan fingerprint density at radius 3 is 2.13 bits per heavy atom. The largest absolute Gasteiger partial charge is 0.339 e. The second kappa shape index (κ2) is 9.62. The van der Waals surface area contributed by atoms with Crippen LogP contribution in [0.2, 0.25) is 0 Å². The standard InChI is InChI=1S/C23H29N3O4S/c1-16(2)15-17-3-5-19(6-4-17)23(28)26-13-11-18(12-14-26)22(27)25-20-7-9-21(10-8-20)31(24,29)30/h3-10,16,18H,11-15H2,1-2H3,(H,25,27)(H2,24,29,30). The molecule has 0 atom stereocenters. The Morgan fingerprint density at radius 1 is 1.03 bits per heavy atom. The van der Waals surface area contributed by atoms with Crippen LogP contribution in [0.4, 0.5) is 5.69 Å². The molecule has 1 saturated heterocycles. The van der Waals surface area contributed by atoms with Crippen molar-refractivity contribution in [2.24, 2.45) is 17.0 Å². The van der Waals surface area contributed by atoms with Gasteiger partial charge in [0, 0.05) is 30.3 Å². The van der Waals surface area contributed by atoms with Gasteiger partial charge in [0.25, 0.3) is 5.91 Å². The third-order valence-electron chi connectivity index (χ3n) is 5.45. The summed E-state index contributed by atoms with van der Waals surface area (Å²) in [6.07, 6.45) is 2.15. The van der Waals surface area contributed by atoms with E-state index in [1.807, 2.05) is 24.3 Å². The number of piperidine rings is 1. The number of nitrogens with two attached hydrogens (primary N) is 1. The molecule has 3 rings (SSSR count). The van der Waals surface area contributed by atoms with Crippen LogP contribution in [0, 0.1) is 11.8 Å². The molecule has 1 aliphatic heterocycles. The minimum Gasteiger partial charge on any atom is -0.339 e. The summed E-state index contributed by atoms with van der Waals surface area (Å²) in [4.78, 5) is 27.1. The van der Waals surface area contributed by atoms with E-state index in [-0.39, 0.29) is 22.6 Å². The first-order chi connectivity index (χ1) is 14.6. The highest BCUT2D eigenvalue weighted by atomic mass is 32.2. The van der Waals surface area contributed by atoms with Crippen molar-refractivity contribution in [1.29, 1.82) is 0 Å². The molecule has 166 valence electrons. The third-order valence-corrected chi connectivity index (χ3v) is 6.38. The lowest BCUT2D eigenvalue weighted by molar-refractivity contribution is -0.121. The van der Waals surface area contributed by atoms with Gasteiger partial charge in [0.2, 0.25) is 15.9 Å². The smallest absolute Gasteiger partial charge is 0.253 e. The molecule has 0 aromatic heterocycles.